The molecule has 5 saturated carbocycles. The summed E-state index contributed by atoms with van der Waals surface area (Å²) < 4.78 is 0. The van der Waals surface area contributed by atoms with Crippen molar-refractivity contribution in [1.29, 1.82) is 0 Å². The van der Waals surface area contributed by atoms with Crippen molar-refractivity contribution in [3.63, 3.8) is 0 Å². The highest BCUT2D eigenvalue weighted by molar-refractivity contribution is 6.77. The molecule has 3 aromatic rings. The Hall–Kier alpha value is -3.14. The van der Waals surface area contributed by atoms with Crippen molar-refractivity contribution < 1.29 is 0 Å². The van der Waals surface area contributed by atoms with Gasteiger partial charge in [0.15, 0.2) is 6.71 Å². The third-order valence-corrected chi connectivity index (χ3v) is 17.3. The van der Waals surface area contributed by atoms with Gasteiger partial charge in [-0.15, -0.1) is 0 Å². The molecular weight excluding hydrogens is 629 g/mol. The largest absolute Gasteiger partial charge is 0.365 e. The van der Waals surface area contributed by atoms with E-state index in [0.717, 1.165) is 53.5 Å². The van der Waals surface area contributed by atoms with E-state index in [0.29, 0.717) is 30.7 Å². The number of hydrogen-bond donors (Lipinski definition) is 0. The van der Waals surface area contributed by atoms with Crippen molar-refractivity contribution in [2.45, 2.75) is 144 Å². The summed E-state index contributed by atoms with van der Waals surface area (Å²) in [6.45, 7) is 0.649. The highest BCUT2D eigenvalue weighted by Gasteiger charge is 2.66. The van der Waals surface area contributed by atoms with Crippen LogP contribution in [0, 0.1) is 29.6 Å². The fraction of sp³-hybridized carbons (Fsp3) is 0.583. The lowest BCUT2D eigenvalue weighted by Crippen LogP contribution is -2.74. The lowest BCUT2D eigenvalue weighted by molar-refractivity contribution is -0.104. The third-order valence-electron chi connectivity index (χ3n) is 17.3. The molecule has 4 heterocycles. The van der Waals surface area contributed by atoms with Gasteiger partial charge in [-0.05, 0) is 110 Å². The zero-order chi connectivity index (χ0) is 33.9. The molecule has 4 heteroatoms. The number of para-hydroxylation sites is 1. The highest BCUT2D eigenvalue weighted by atomic mass is 15.4. The molecule has 0 spiro atoms. The average molecular weight is 688 g/mol. The molecule has 0 N–H and O–H groups in total. The quantitative estimate of drug-likeness (QED) is 0.254. The molecule has 52 heavy (non-hydrogen) atoms. The number of nitrogens with zero attached hydrogens (tertiary/aromatic N) is 3. The molecule has 13 atom stereocenters. The summed E-state index contributed by atoms with van der Waals surface area (Å²) >= 11 is 0. The van der Waals surface area contributed by atoms with Crippen LogP contribution in [0.3, 0.4) is 0 Å². The molecule has 0 bridgehead atoms. The van der Waals surface area contributed by atoms with Gasteiger partial charge < -0.3 is 14.7 Å². The number of benzene rings is 3. The van der Waals surface area contributed by atoms with E-state index in [-0.39, 0.29) is 0 Å². The number of fused-ring (bicyclic) bond motifs is 10. The van der Waals surface area contributed by atoms with Crippen LogP contribution in [0.25, 0.3) is 11.1 Å². The van der Waals surface area contributed by atoms with Crippen molar-refractivity contribution in [2.75, 3.05) is 4.90 Å². The van der Waals surface area contributed by atoms with Crippen molar-refractivity contribution >= 4 is 17.9 Å². The van der Waals surface area contributed by atoms with Gasteiger partial charge >= 0.3 is 0 Å². The standard InChI is InChI=1S/C48H58BN3/c1-3-14-31(15-4-1)35-20-8-10-22-38(35)49-39-27-26-32-17-13-25-43-47(32)48(39)52(46-28-33-16-7-11-23-41(33)51(43)46)45-30-44-37(29-40(45)49)36-21-9-12-24-42(36)50(44)34-18-5-2-6-19-34/h1-6,8,10,14-15,18-20,22,28,32-33,36-37,39-45,47-48H,7,9,11-13,16-17,21,23-27,29-30H2. The first kappa shape index (κ1) is 31.2. The fourth-order valence-corrected chi connectivity index (χ4v) is 15.8. The number of anilines is 1. The Morgan fingerprint density at radius 3 is 2.13 bits per heavy atom. The Balaban J connectivity index is 1.05. The predicted molar refractivity (Wildman–Crippen MR) is 215 cm³/mol. The van der Waals surface area contributed by atoms with Crippen molar-refractivity contribution in [1.82, 2.24) is 9.80 Å². The van der Waals surface area contributed by atoms with E-state index >= 15 is 0 Å². The van der Waals surface area contributed by atoms with Crippen LogP contribution >= 0.6 is 0 Å². The molecule has 3 nitrogen and oxygen atoms in total. The minimum absolute atomic E-state index is 0.623. The maximum atomic E-state index is 3.29. The summed E-state index contributed by atoms with van der Waals surface area (Å²) in [6.07, 6.45) is 24.4. The first-order valence-electron chi connectivity index (χ1n) is 22.1. The molecule has 268 valence electrons. The van der Waals surface area contributed by atoms with Crippen LogP contribution in [-0.2, 0) is 0 Å². The molecule has 12 rings (SSSR count). The van der Waals surface area contributed by atoms with Crippen LogP contribution in [-0.4, -0.2) is 52.8 Å². The molecule has 0 aromatic heterocycles. The van der Waals surface area contributed by atoms with Crippen molar-refractivity contribution in [3.8, 4) is 11.1 Å². The monoisotopic (exact) mass is 687 g/mol. The lowest BCUT2D eigenvalue weighted by Gasteiger charge is -2.69. The first-order valence-corrected chi connectivity index (χ1v) is 22.1. The van der Waals surface area contributed by atoms with Crippen LogP contribution in [0.2, 0.25) is 11.6 Å². The van der Waals surface area contributed by atoms with Gasteiger partial charge in [0.1, 0.15) is 5.82 Å². The van der Waals surface area contributed by atoms with Crippen molar-refractivity contribution in [3.05, 3.63) is 96.8 Å². The minimum atomic E-state index is 0.623. The lowest BCUT2D eigenvalue weighted by atomic mass is 9.22. The Labute approximate surface area is 313 Å². The summed E-state index contributed by atoms with van der Waals surface area (Å²) in [7, 11) is 0. The average Bonchev–Trinajstić information content (AvgIpc) is 3.76. The Morgan fingerprint density at radius 1 is 0.500 bits per heavy atom. The van der Waals surface area contributed by atoms with Crippen molar-refractivity contribution in [2.24, 2.45) is 29.6 Å². The van der Waals surface area contributed by atoms with Gasteiger partial charge in [-0.3, -0.25) is 0 Å². The number of rotatable bonds is 3. The van der Waals surface area contributed by atoms with Gasteiger partial charge in [0.25, 0.3) is 0 Å². The van der Waals surface area contributed by atoms with E-state index in [2.05, 4.69) is 106 Å². The van der Waals surface area contributed by atoms with E-state index in [1.807, 2.05) is 0 Å². The summed E-state index contributed by atoms with van der Waals surface area (Å²) in [6, 6.07) is 37.4. The van der Waals surface area contributed by atoms with Gasteiger partial charge in [-0.1, -0.05) is 123 Å². The van der Waals surface area contributed by atoms with Gasteiger partial charge in [0.2, 0.25) is 0 Å². The molecule has 3 saturated heterocycles. The molecule has 13 unspecified atom stereocenters. The minimum Gasteiger partial charge on any atom is -0.365 e. The molecule has 0 amide bonds. The molecular formula is C48H58BN3. The van der Waals surface area contributed by atoms with Crippen LogP contribution in [0.4, 0.5) is 5.69 Å². The normalized spacial score (nSPS) is 41.2. The summed E-state index contributed by atoms with van der Waals surface area (Å²) in [5.74, 6) is 7.43. The van der Waals surface area contributed by atoms with E-state index in [1.54, 1.807) is 11.3 Å². The maximum Gasteiger partial charge on any atom is 0.187 e. The summed E-state index contributed by atoms with van der Waals surface area (Å²) in [5.41, 5.74) is 6.17. The van der Waals surface area contributed by atoms with Gasteiger partial charge in [0, 0.05) is 53.8 Å². The molecule has 9 aliphatic rings. The second-order valence-corrected chi connectivity index (χ2v) is 19.1. The smallest absolute Gasteiger partial charge is 0.187 e. The van der Waals surface area contributed by atoms with Gasteiger partial charge in [-0.2, -0.15) is 0 Å². The van der Waals surface area contributed by atoms with Gasteiger partial charge in [-0.25, -0.2) is 0 Å². The van der Waals surface area contributed by atoms with Crippen LogP contribution < -0.4 is 10.4 Å². The fourth-order valence-electron chi connectivity index (χ4n) is 15.8. The molecule has 0 radical (unpaired) electrons. The van der Waals surface area contributed by atoms with Crippen LogP contribution in [0.1, 0.15) is 96.3 Å². The van der Waals surface area contributed by atoms with E-state index in [9.17, 15) is 0 Å². The molecule has 5 aliphatic carbocycles. The second kappa shape index (κ2) is 12.2. The first-order chi connectivity index (χ1) is 25.8. The van der Waals surface area contributed by atoms with E-state index < -0.39 is 0 Å². The summed E-state index contributed by atoms with van der Waals surface area (Å²) in [5, 5.41) is 0. The molecule has 4 aliphatic heterocycles. The molecule has 3 aromatic carbocycles. The highest BCUT2D eigenvalue weighted by Crippen LogP contribution is 2.65. The van der Waals surface area contributed by atoms with E-state index in [1.165, 1.54) is 113 Å². The van der Waals surface area contributed by atoms with E-state index in [4.69, 9.17) is 0 Å². The Bertz CT molecular complexity index is 1830. The maximum absolute atomic E-state index is 3.29. The second-order valence-electron chi connectivity index (χ2n) is 19.1. The topological polar surface area (TPSA) is 9.72 Å². The zero-order valence-corrected chi connectivity index (χ0v) is 31.2. The predicted octanol–water partition coefficient (Wildman–Crippen LogP) is 10.0. The molecule has 8 fully saturated rings. The van der Waals surface area contributed by atoms with Gasteiger partial charge in [0.05, 0.1) is 0 Å². The third kappa shape index (κ3) is 4.45. The van der Waals surface area contributed by atoms with Crippen LogP contribution in [0.5, 0.6) is 0 Å². The SMILES string of the molecule is C1=C2N(C3CCCCC13)C1CCCC3CCC4B(c5ccccc5-c5ccccc5)C5CC6C7CCCCC7N(c7ccccc7)C6CC5N2C4C31. The zero-order valence-electron chi connectivity index (χ0n) is 31.2. The Morgan fingerprint density at radius 2 is 1.25 bits per heavy atom. The summed E-state index contributed by atoms with van der Waals surface area (Å²) in [4.78, 5) is 9.50. The van der Waals surface area contributed by atoms with Crippen LogP contribution in [0.15, 0.2) is 96.8 Å². The Kier molecular flexibility index (Phi) is 7.32. The number of hydrogen-bond acceptors (Lipinski definition) is 3.